The first-order valence-electron chi connectivity index (χ1n) is 9.75. The molecule has 0 saturated carbocycles. The van der Waals surface area contributed by atoms with Crippen molar-refractivity contribution in [1.82, 2.24) is 18.7 Å². The maximum absolute atomic E-state index is 13.0. The van der Waals surface area contributed by atoms with Crippen molar-refractivity contribution >= 4 is 22.9 Å². The number of aryl methyl sites for hydroxylation is 3. The molecular formula is C23H24N4O2S. The number of aromatic nitrogens is 4. The predicted octanol–water partition coefficient (Wildman–Crippen LogP) is 3.39. The second-order valence-electron chi connectivity index (χ2n) is 7.63. The second kappa shape index (κ2) is 7.99. The smallest absolute Gasteiger partial charge is 0.309 e. The van der Waals surface area contributed by atoms with Crippen LogP contribution in [0.1, 0.15) is 22.3 Å². The van der Waals surface area contributed by atoms with Crippen LogP contribution in [0.2, 0.25) is 0 Å². The molecule has 2 aromatic heterocycles. The van der Waals surface area contributed by atoms with Gasteiger partial charge in [-0.3, -0.25) is 13.9 Å². The van der Waals surface area contributed by atoms with Crippen LogP contribution in [0, 0.1) is 13.8 Å². The third kappa shape index (κ3) is 3.73. The third-order valence-electron chi connectivity index (χ3n) is 5.19. The highest BCUT2D eigenvalue weighted by Crippen LogP contribution is 2.26. The van der Waals surface area contributed by atoms with E-state index in [0.717, 1.165) is 26.6 Å². The highest BCUT2D eigenvalue weighted by molar-refractivity contribution is 7.98. The van der Waals surface area contributed by atoms with Gasteiger partial charge in [0, 0.05) is 19.8 Å². The molecular weight excluding hydrogens is 396 g/mol. The number of thioether (sulfide) groups is 1. The van der Waals surface area contributed by atoms with E-state index in [0.29, 0.717) is 17.7 Å². The van der Waals surface area contributed by atoms with E-state index in [4.69, 9.17) is 4.98 Å². The molecule has 154 valence electrons. The Kier molecular flexibility index (Phi) is 5.39. The number of imidazole rings is 1. The minimum absolute atomic E-state index is 0.323. The van der Waals surface area contributed by atoms with Gasteiger partial charge in [0.1, 0.15) is 0 Å². The highest BCUT2D eigenvalue weighted by Gasteiger charge is 2.19. The van der Waals surface area contributed by atoms with Gasteiger partial charge >= 0.3 is 5.69 Å². The van der Waals surface area contributed by atoms with Crippen molar-refractivity contribution in [2.75, 3.05) is 0 Å². The summed E-state index contributed by atoms with van der Waals surface area (Å²) in [5.74, 6) is 0.729. The SMILES string of the molecule is Cc1cccc(CSc2nc3c(c(=O)n(C)c(=O)n3C)n2Cc2cccc(C)c2)c1. The van der Waals surface area contributed by atoms with Gasteiger partial charge in [-0.15, -0.1) is 0 Å². The number of hydrogen-bond donors (Lipinski definition) is 0. The molecule has 0 aliphatic heterocycles. The number of hydrogen-bond acceptors (Lipinski definition) is 4. The molecule has 0 aliphatic rings. The molecule has 4 aromatic rings. The van der Waals surface area contributed by atoms with Crippen LogP contribution in [0.15, 0.2) is 63.3 Å². The quantitative estimate of drug-likeness (QED) is 0.465. The Hall–Kier alpha value is -3.06. The van der Waals surface area contributed by atoms with Gasteiger partial charge in [0.25, 0.3) is 5.56 Å². The summed E-state index contributed by atoms with van der Waals surface area (Å²) in [6.45, 7) is 4.63. The largest absolute Gasteiger partial charge is 0.332 e. The van der Waals surface area contributed by atoms with Crippen LogP contribution < -0.4 is 11.2 Å². The Balaban J connectivity index is 1.85. The van der Waals surface area contributed by atoms with Crippen LogP contribution in [0.4, 0.5) is 0 Å². The average Bonchev–Trinajstić information content (AvgIpc) is 3.07. The van der Waals surface area contributed by atoms with Crippen molar-refractivity contribution in [1.29, 1.82) is 0 Å². The Labute approximate surface area is 178 Å². The minimum Gasteiger partial charge on any atom is -0.309 e. The highest BCUT2D eigenvalue weighted by atomic mass is 32.2. The standard InChI is InChI=1S/C23H24N4O2S/c1-15-7-5-9-17(11-15)13-27-19-20(25(3)23(29)26(4)21(19)28)24-22(27)30-14-18-10-6-8-16(2)12-18/h5-12H,13-14H2,1-4H3. The summed E-state index contributed by atoms with van der Waals surface area (Å²) < 4.78 is 4.53. The summed E-state index contributed by atoms with van der Waals surface area (Å²) in [5, 5.41) is 0.728. The Morgan fingerprint density at radius 3 is 2.20 bits per heavy atom. The van der Waals surface area contributed by atoms with Crippen molar-refractivity contribution in [3.8, 4) is 0 Å². The summed E-state index contributed by atoms with van der Waals surface area (Å²) in [6, 6.07) is 16.6. The van der Waals surface area contributed by atoms with Crippen LogP contribution >= 0.6 is 11.8 Å². The maximum Gasteiger partial charge on any atom is 0.332 e. The van der Waals surface area contributed by atoms with Gasteiger partial charge in [0.05, 0.1) is 6.54 Å². The van der Waals surface area contributed by atoms with Gasteiger partial charge < -0.3 is 4.57 Å². The van der Waals surface area contributed by atoms with Crippen LogP contribution in [-0.4, -0.2) is 18.7 Å². The third-order valence-corrected chi connectivity index (χ3v) is 6.23. The molecule has 0 N–H and O–H groups in total. The van der Waals surface area contributed by atoms with E-state index in [1.54, 1.807) is 18.8 Å². The van der Waals surface area contributed by atoms with Gasteiger partial charge in [-0.1, -0.05) is 71.4 Å². The fourth-order valence-electron chi connectivity index (χ4n) is 3.63. The van der Waals surface area contributed by atoms with E-state index in [1.165, 1.54) is 22.7 Å². The minimum atomic E-state index is -0.372. The molecule has 0 fully saturated rings. The van der Waals surface area contributed by atoms with E-state index in [-0.39, 0.29) is 11.2 Å². The molecule has 0 bridgehead atoms. The van der Waals surface area contributed by atoms with Crippen LogP contribution in [0.25, 0.3) is 11.2 Å². The topological polar surface area (TPSA) is 61.8 Å². The molecule has 0 radical (unpaired) electrons. The Bertz CT molecular complexity index is 1360. The molecule has 7 heteroatoms. The molecule has 0 saturated heterocycles. The molecule has 30 heavy (non-hydrogen) atoms. The molecule has 6 nitrogen and oxygen atoms in total. The first-order chi connectivity index (χ1) is 14.3. The summed E-state index contributed by atoms with van der Waals surface area (Å²) in [7, 11) is 3.16. The fourth-order valence-corrected chi connectivity index (χ4v) is 4.56. The summed E-state index contributed by atoms with van der Waals surface area (Å²) in [6.07, 6.45) is 0. The average molecular weight is 421 g/mol. The zero-order valence-corrected chi connectivity index (χ0v) is 18.4. The number of rotatable bonds is 5. The lowest BCUT2D eigenvalue weighted by molar-refractivity contribution is 0.696. The normalized spacial score (nSPS) is 11.3. The molecule has 0 spiro atoms. The molecule has 2 heterocycles. The van der Waals surface area contributed by atoms with E-state index in [2.05, 4.69) is 31.2 Å². The van der Waals surface area contributed by atoms with Gasteiger partial charge in [0.15, 0.2) is 16.3 Å². The lowest BCUT2D eigenvalue weighted by atomic mass is 10.1. The predicted molar refractivity (Wildman–Crippen MR) is 121 cm³/mol. The van der Waals surface area contributed by atoms with Gasteiger partial charge in [-0.2, -0.15) is 0 Å². The summed E-state index contributed by atoms with van der Waals surface area (Å²) in [4.78, 5) is 30.1. The Morgan fingerprint density at radius 1 is 0.900 bits per heavy atom. The maximum atomic E-state index is 13.0. The number of nitrogens with zero attached hydrogens (tertiary/aromatic N) is 4. The van der Waals surface area contributed by atoms with Gasteiger partial charge in [0.2, 0.25) is 0 Å². The van der Waals surface area contributed by atoms with Crippen LogP contribution in [0.3, 0.4) is 0 Å². The summed E-state index contributed by atoms with van der Waals surface area (Å²) >= 11 is 1.58. The molecule has 0 amide bonds. The number of benzene rings is 2. The van der Waals surface area contributed by atoms with E-state index >= 15 is 0 Å². The lowest BCUT2D eigenvalue weighted by Crippen LogP contribution is -2.37. The summed E-state index contributed by atoms with van der Waals surface area (Å²) in [5.41, 5.74) is 4.82. The molecule has 0 aliphatic carbocycles. The van der Waals surface area contributed by atoms with Crippen molar-refractivity contribution in [2.45, 2.75) is 31.3 Å². The first-order valence-corrected chi connectivity index (χ1v) is 10.7. The van der Waals surface area contributed by atoms with Crippen LogP contribution in [0.5, 0.6) is 0 Å². The zero-order valence-electron chi connectivity index (χ0n) is 17.5. The fraction of sp³-hybridized carbons (Fsp3) is 0.261. The monoisotopic (exact) mass is 420 g/mol. The van der Waals surface area contributed by atoms with E-state index < -0.39 is 0 Å². The molecule has 4 rings (SSSR count). The molecule has 2 aromatic carbocycles. The van der Waals surface area contributed by atoms with E-state index in [9.17, 15) is 9.59 Å². The van der Waals surface area contributed by atoms with Gasteiger partial charge in [-0.05, 0) is 25.0 Å². The van der Waals surface area contributed by atoms with Crippen molar-refractivity contribution < 1.29 is 0 Å². The van der Waals surface area contributed by atoms with Gasteiger partial charge in [-0.25, -0.2) is 9.78 Å². The number of fused-ring (bicyclic) bond motifs is 1. The first kappa shape index (κ1) is 20.2. The molecule has 0 unspecified atom stereocenters. The van der Waals surface area contributed by atoms with Crippen molar-refractivity contribution in [3.63, 3.8) is 0 Å². The van der Waals surface area contributed by atoms with Crippen LogP contribution in [-0.2, 0) is 26.4 Å². The van der Waals surface area contributed by atoms with Crippen molar-refractivity contribution in [3.05, 3.63) is 91.6 Å². The Morgan fingerprint density at radius 2 is 1.53 bits per heavy atom. The lowest BCUT2D eigenvalue weighted by Gasteiger charge is -2.10. The molecule has 0 atom stereocenters. The van der Waals surface area contributed by atoms with Crippen molar-refractivity contribution in [2.24, 2.45) is 14.1 Å². The zero-order chi connectivity index (χ0) is 21.4. The second-order valence-corrected chi connectivity index (χ2v) is 8.57. The van der Waals surface area contributed by atoms with E-state index in [1.807, 2.05) is 35.8 Å².